The number of nitrogens with one attached hydrogen (secondary N) is 1. The van der Waals surface area contributed by atoms with Crippen molar-refractivity contribution in [3.05, 3.63) is 71.0 Å². The number of aliphatic imine (C=N–C) groups is 1. The van der Waals surface area contributed by atoms with Crippen molar-refractivity contribution in [3.63, 3.8) is 0 Å². The number of benzene rings is 2. The molecule has 0 bridgehead atoms. The fourth-order valence-electron chi connectivity index (χ4n) is 5.66. The van der Waals surface area contributed by atoms with Gasteiger partial charge in [-0.1, -0.05) is 12.1 Å². The highest BCUT2D eigenvalue weighted by atomic mass is 16.5. The van der Waals surface area contributed by atoms with Gasteiger partial charge in [0.1, 0.15) is 40.7 Å². The molecule has 2 aliphatic heterocycles. The monoisotopic (exact) mass is 593 g/mol. The van der Waals surface area contributed by atoms with Crippen molar-refractivity contribution in [2.45, 2.75) is 37.8 Å². The summed E-state index contributed by atoms with van der Waals surface area (Å²) < 4.78 is 23.6. The average Bonchev–Trinajstić information content (AvgIpc) is 3.65. The van der Waals surface area contributed by atoms with Crippen molar-refractivity contribution < 1.29 is 23.4 Å². The van der Waals surface area contributed by atoms with Crippen LogP contribution in [0.5, 0.6) is 11.5 Å². The van der Waals surface area contributed by atoms with Crippen LogP contribution in [-0.4, -0.2) is 69.6 Å². The predicted molar refractivity (Wildman–Crippen MR) is 166 cm³/mol. The van der Waals surface area contributed by atoms with E-state index in [0.717, 1.165) is 30.5 Å². The highest BCUT2D eigenvalue weighted by molar-refractivity contribution is 5.96. The van der Waals surface area contributed by atoms with Crippen LogP contribution in [0.3, 0.4) is 0 Å². The molecule has 1 unspecified atom stereocenters. The molecule has 3 aromatic rings. The minimum absolute atomic E-state index is 0.0106. The molecule has 2 aromatic carbocycles. The van der Waals surface area contributed by atoms with Crippen LogP contribution in [0.25, 0.3) is 16.9 Å². The van der Waals surface area contributed by atoms with E-state index in [9.17, 15) is 15.3 Å². The normalized spacial score (nSPS) is 19.2. The molecule has 226 valence electrons. The molecule has 0 saturated carbocycles. The van der Waals surface area contributed by atoms with Crippen LogP contribution in [0.15, 0.2) is 58.0 Å². The second-order valence-corrected chi connectivity index (χ2v) is 11.0. The van der Waals surface area contributed by atoms with Crippen molar-refractivity contribution in [1.29, 1.82) is 10.5 Å². The van der Waals surface area contributed by atoms with E-state index in [1.807, 2.05) is 37.1 Å². The second kappa shape index (κ2) is 13.2. The van der Waals surface area contributed by atoms with Crippen molar-refractivity contribution >= 4 is 23.9 Å². The maximum Gasteiger partial charge on any atom is 0.252 e. The smallest absolute Gasteiger partial charge is 0.252 e. The number of carbonyl (C=O) groups is 1. The Balaban J connectivity index is 1.42. The number of allylic oxidation sites excluding steroid dienone is 1. The van der Waals surface area contributed by atoms with Gasteiger partial charge in [-0.2, -0.15) is 10.5 Å². The number of hydrogen-bond acceptors (Lipinski definition) is 9. The summed E-state index contributed by atoms with van der Waals surface area (Å²) in [6.45, 7) is 8.11. The van der Waals surface area contributed by atoms with Crippen LogP contribution < -0.4 is 14.8 Å². The number of hydrogen-bond donors (Lipinski definition) is 1. The zero-order valence-corrected chi connectivity index (χ0v) is 25.2. The first-order valence-electron chi connectivity index (χ1n) is 14.5. The Morgan fingerprint density at radius 1 is 1.16 bits per heavy atom. The number of nitriles is 2. The maximum atomic E-state index is 13.1. The molecule has 10 nitrogen and oxygen atoms in total. The molecule has 1 N–H and O–H groups in total. The van der Waals surface area contributed by atoms with Crippen LogP contribution in [0.2, 0.25) is 0 Å². The summed E-state index contributed by atoms with van der Waals surface area (Å²) in [5, 5.41) is 22.6. The summed E-state index contributed by atoms with van der Waals surface area (Å²) >= 11 is 0. The summed E-state index contributed by atoms with van der Waals surface area (Å²) in [6.07, 6.45) is 4.02. The first-order chi connectivity index (χ1) is 21.3. The molecule has 1 atom stereocenters. The maximum absolute atomic E-state index is 13.1. The van der Waals surface area contributed by atoms with E-state index in [1.165, 1.54) is 7.11 Å². The van der Waals surface area contributed by atoms with Gasteiger partial charge in [0.2, 0.25) is 0 Å². The average molecular weight is 594 g/mol. The Labute approximate surface area is 257 Å². The van der Waals surface area contributed by atoms with Crippen molar-refractivity contribution in [2.24, 2.45) is 4.99 Å². The Bertz CT molecular complexity index is 1670. The topological polar surface area (TPSA) is 133 Å². The van der Waals surface area contributed by atoms with Gasteiger partial charge >= 0.3 is 0 Å². The highest BCUT2D eigenvalue weighted by Crippen LogP contribution is 2.41. The molecule has 3 heterocycles. The van der Waals surface area contributed by atoms with Gasteiger partial charge in [-0.15, -0.1) is 0 Å². The first kappa shape index (κ1) is 30.6. The van der Waals surface area contributed by atoms with Gasteiger partial charge in [0.25, 0.3) is 5.91 Å². The Morgan fingerprint density at radius 2 is 1.93 bits per heavy atom. The quantitative estimate of drug-likeness (QED) is 0.322. The number of furan rings is 1. The molecule has 10 heteroatoms. The van der Waals surface area contributed by atoms with Gasteiger partial charge in [-0.05, 0) is 63.0 Å². The molecule has 0 spiro atoms. The SMILES string of the molecule is C=Nc1cc(-c2ccc(C(=O)NC3(C#N)CCN(C)C3)cc2OC)oc1/C(=C\C)c1ccc(OC2CCOCC2)c(C#N)c1. The number of ether oxygens (including phenoxy) is 3. The third-order valence-electron chi connectivity index (χ3n) is 8.05. The van der Waals surface area contributed by atoms with Crippen molar-refractivity contribution in [1.82, 2.24) is 10.2 Å². The van der Waals surface area contributed by atoms with Crippen LogP contribution in [-0.2, 0) is 4.74 Å². The molecule has 5 rings (SSSR count). The minimum Gasteiger partial charge on any atom is -0.496 e. The summed E-state index contributed by atoms with van der Waals surface area (Å²) in [5.74, 6) is 1.55. The van der Waals surface area contributed by atoms with E-state index in [4.69, 9.17) is 18.6 Å². The lowest BCUT2D eigenvalue weighted by molar-refractivity contribution is 0.0254. The van der Waals surface area contributed by atoms with Gasteiger partial charge in [0, 0.05) is 43.1 Å². The molecule has 2 saturated heterocycles. The summed E-state index contributed by atoms with van der Waals surface area (Å²) in [7, 11) is 3.44. The third kappa shape index (κ3) is 6.23. The van der Waals surface area contributed by atoms with E-state index >= 15 is 0 Å². The standard InChI is InChI=1S/C34H35N5O5/c1-5-26(22-7-9-29(24(16-22)19-35)43-25-10-14-42-15-11-25)32-28(37-2)18-31(44-32)27-8-6-23(17-30(27)41-4)33(40)38-34(20-36)12-13-39(3)21-34/h5-9,16-18,25H,2,10-15,21H2,1,3-4H3,(H,38,40)/b26-5-. The van der Waals surface area contributed by atoms with E-state index in [2.05, 4.69) is 29.2 Å². The van der Waals surface area contributed by atoms with Crippen LogP contribution in [0.1, 0.15) is 53.4 Å². The largest absolute Gasteiger partial charge is 0.496 e. The lowest BCUT2D eigenvalue weighted by atomic mass is 9.99. The lowest BCUT2D eigenvalue weighted by Gasteiger charge is -2.24. The van der Waals surface area contributed by atoms with Crippen LogP contribution in [0, 0.1) is 22.7 Å². The van der Waals surface area contributed by atoms with Gasteiger partial charge in [-0.25, -0.2) is 0 Å². The fraction of sp³-hybridized carbons (Fsp3) is 0.353. The second-order valence-electron chi connectivity index (χ2n) is 11.0. The van der Waals surface area contributed by atoms with E-state index in [-0.39, 0.29) is 12.0 Å². The molecular weight excluding hydrogens is 558 g/mol. The van der Waals surface area contributed by atoms with Gasteiger partial charge in [0.05, 0.1) is 37.5 Å². The molecule has 2 fully saturated rings. The Morgan fingerprint density at radius 3 is 2.57 bits per heavy atom. The predicted octanol–water partition coefficient (Wildman–Crippen LogP) is 5.50. The molecule has 0 aliphatic carbocycles. The minimum atomic E-state index is -0.929. The van der Waals surface area contributed by atoms with E-state index in [1.54, 1.807) is 30.3 Å². The zero-order valence-electron chi connectivity index (χ0n) is 25.2. The molecule has 0 radical (unpaired) electrons. The molecule has 44 heavy (non-hydrogen) atoms. The zero-order chi connectivity index (χ0) is 31.3. The Kier molecular flexibility index (Phi) is 9.15. The number of amides is 1. The lowest BCUT2D eigenvalue weighted by Crippen LogP contribution is -2.49. The third-order valence-corrected chi connectivity index (χ3v) is 8.05. The number of carbonyl (C=O) groups excluding carboxylic acids is 1. The van der Waals surface area contributed by atoms with Crippen molar-refractivity contribution in [2.75, 3.05) is 40.5 Å². The summed E-state index contributed by atoms with van der Waals surface area (Å²) in [4.78, 5) is 19.4. The van der Waals surface area contributed by atoms with Gasteiger partial charge < -0.3 is 28.8 Å². The fourth-order valence-corrected chi connectivity index (χ4v) is 5.66. The molecule has 1 amide bonds. The number of likely N-dealkylation sites (N-methyl/N-ethyl adjacent to an activating group) is 1. The van der Waals surface area contributed by atoms with Gasteiger partial charge in [-0.3, -0.25) is 9.79 Å². The highest BCUT2D eigenvalue weighted by Gasteiger charge is 2.38. The number of rotatable bonds is 9. The number of likely N-dealkylation sites (tertiary alicyclic amines) is 1. The van der Waals surface area contributed by atoms with E-state index < -0.39 is 5.54 Å². The summed E-state index contributed by atoms with van der Waals surface area (Å²) in [5.41, 5.74) is 2.48. The van der Waals surface area contributed by atoms with Gasteiger partial charge in [0.15, 0.2) is 5.76 Å². The Hall–Kier alpha value is -4.90. The number of methoxy groups -OCH3 is 1. The first-order valence-corrected chi connectivity index (χ1v) is 14.5. The van der Waals surface area contributed by atoms with Crippen LogP contribution >= 0.6 is 0 Å². The van der Waals surface area contributed by atoms with Crippen molar-refractivity contribution in [3.8, 4) is 35.0 Å². The molecule has 2 aliphatic rings. The molecule has 1 aromatic heterocycles. The van der Waals surface area contributed by atoms with E-state index in [0.29, 0.717) is 71.6 Å². The molecular formula is C34H35N5O5. The number of nitrogens with zero attached hydrogens (tertiary/aromatic N) is 4. The summed E-state index contributed by atoms with van der Waals surface area (Å²) in [6, 6.07) is 16.8. The van der Waals surface area contributed by atoms with Crippen LogP contribution in [0.4, 0.5) is 5.69 Å².